The van der Waals surface area contributed by atoms with Crippen LogP contribution in [-0.2, 0) is 16.0 Å². The molecule has 0 atom stereocenters. The van der Waals surface area contributed by atoms with Crippen LogP contribution < -0.4 is 19.7 Å². The summed E-state index contributed by atoms with van der Waals surface area (Å²) in [7, 11) is 3.03. The van der Waals surface area contributed by atoms with Crippen LogP contribution in [0.25, 0.3) is 6.08 Å². The topological polar surface area (TPSA) is 84.9 Å². The number of imide groups is 2. The number of carbonyl (C=O) groups excluding carboxylic acids is 3. The molecule has 0 radical (unpaired) electrons. The van der Waals surface area contributed by atoms with Crippen LogP contribution in [0.3, 0.4) is 0 Å². The Kier molecular flexibility index (Phi) is 6.37. The van der Waals surface area contributed by atoms with Crippen molar-refractivity contribution in [2.24, 2.45) is 0 Å². The molecular formula is C22H19BrN2O5. The number of rotatable bonds is 6. The van der Waals surface area contributed by atoms with E-state index < -0.39 is 17.8 Å². The van der Waals surface area contributed by atoms with E-state index in [2.05, 4.69) is 27.8 Å². The molecule has 0 aromatic heterocycles. The van der Waals surface area contributed by atoms with Crippen LogP contribution in [0.5, 0.6) is 11.5 Å². The molecule has 30 heavy (non-hydrogen) atoms. The Balaban J connectivity index is 2.08. The van der Waals surface area contributed by atoms with Gasteiger partial charge in [-0.05, 0) is 48.4 Å². The summed E-state index contributed by atoms with van der Waals surface area (Å²) in [6.07, 6.45) is 3.63. The second-order valence-corrected chi connectivity index (χ2v) is 7.26. The predicted molar refractivity (Wildman–Crippen MR) is 117 cm³/mol. The number of methoxy groups -OCH3 is 2. The van der Waals surface area contributed by atoms with E-state index in [1.54, 1.807) is 42.5 Å². The van der Waals surface area contributed by atoms with Crippen LogP contribution in [0.2, 0.25) is 0 Å². The molecule has 0 spiro atoms. The first kappa shape index (κ1) is 21.3. The highest BCUT2D eigenvalue weighted by atomic mass is 79.9. The fourth-order valence-electron chi connectivity index (χ4n) is 3.13. The summed E-state index contributed by atoms with van der Waals surface area (Å²) in [4.78, 5) is 38.7. The van der Waals surface area contributed by atoms with Crippen LogP contribution in [-0.4, -0.2) is 32.1 Å². The number of amides is 4. The average molecular weight is 471 g/mol. The van der Waals surface area contributed by atoms with Gasteiger partial charge in [0.1, 0.15) is 5.57 Å². The second kappa shape index (κ2) is 8.96. The number of benzene rings is 2. The SMILES string of the molecule is C=CCc1cc(/C=C2/C(=O)NC(=O)N(c3cccc(Br)c3)C2=O)cc(OC)c1OC. The lowest BCUT2D eigenvalue weighted by Crippen LogP contribution is -2.54. The number of hydrogen-bond donors (Lipinski definition) is 1. The smallest absolute Gasteiger partial charge is 0.335 e. The summed E-state index contributed by atoms with van der Waals surface area (Å²) in [6, 6.07) is 9.30. The van der Waals surface area contributed by atoms with Gasteiger partial charge in [-0.3, -0.25) is 14.9 Å². The van der Waals surface area contributed by atoms with Crippen molar-refractivity contribution >= 4 is 45.5 Å². The van der Waals surface area contributed by atoms with Crippen molar-refractivity contribution in [2.75, 3.05) is 19.1 Å². The molecule has 0 aliphatic carbocycles. The maximum atomic E-state index is 13.0. The summed E-state index contributed by atoms with van der Waals surface area (Å²) < 4.78 is 11.5. The molecule has 4 amide bonds. The van der Waals surface area contributed by atoms with Crippen molar-refractivity contribution in [3.63, 3.8) is 0 Å². The molecular weight excluding hydrogens is 452 g/mol. The number of ether oxygens (including phenoxy) is 2. The zero-order valence-corrected chi connectivity index (χ0v) is 18.0. The number of anilines is 1. The van der Waals surface area contributed by atoms with E-state index in [0.29, 0.717) is 33.6 Å². The number of barbiturate groups is 1. The van der Waals surface area contributed by atoms with E-state index in [4.69, 9.17) is 9.47 Å². The largest absolute Gasteiger partial charge is 0.493 e. The van der Waals surface area contributed by atoms with Gasteiger partial charge in [0.2, 0.25) is 0 Å². The zero-order valence-electron chi connectivity index (χ0n) is 16.4. The summed E-state index contributed by atoms with van der Waals surface area (Å²) in [5.41, 5.74) is 1.49. The maximum Gasteiger partial charge on any atom is 0.335 e. The van der Waals surface area contributed by atoms with E-state index in [1.807, 2.05) is 0 Å². The van der Waals surface area contributed by atoms with Crippen molar-refractivity contribution in [3.8, 4) is 11.5 Å². The summed E-state index contributed by atoms with van der Waals surface area (Å²) in [5, 5.41) is 2.21. The molecule has 1 aliphatic rings. The molecule has 7 nitrogen and oxygen atoms in total. The molecule has 0 unspecified atom stereocenters. The highest BCUT2D eigenvalue weighted by Crippen LogP contribution is 2.34. The minimum absolute atomic E-state index is 0.175. The van der Waals surface area contributed by atoms with E-state index in [1.165, 1.54) is 20.3 Å². The molecule has 2 aromatic carbocycles. The van der Waals surface area contributed by atoms with Crippen LogP contribution in [0.4, 0.5) is 10.5 Å². The van der Waals surface area contributed by atoms with Gasteiger partial charge in [-0.1, -0.05) is 28.1 Å². The van der Waals surface area contributed by atoms with Crippen molar-refractivity contribution < 1.29 is 23.9 Å². The van der Waals surface area contributed by atoms with Crippen LogP contribution >= 0.6 is 15.9 Å². The second-order valence-electron chi connectivity index (χ2n) is 6.35. The number of carbonyl (C=O) groups is 3. The number of nitrogens with zero attached hydrogens (tertiary/aromatic N) is 1. The first-order chi connectivity index (χ1) is 14.4. The van der Waals surface area contributed by atoms with Crippen LogP contribution in [0, 0.1) is 0 Å². The van der Waals surface area contributed by atoms with Crippen LogP contribution in [0.15, 0.2) is 59.1 Å². The van der Waals surface area contributed by atoms with Gasteiger partial charge in [0, 0.05) is 10.0 Å². The summed E-state index contributed by atoms with van der Waals surface area (Å²) in [5.74, 6) is -0.490. The van der Waals surface area contributed by atoms with Gasteiger partial charge in [0.05, 0.1) is 19.9 Å². The van der Waals surface area contributed by atoms with Gasteiger partial charge >= 0.3 is 6.03 Å². The van der Waals surface area contributed by atoms with Gasteiger partial charge in [-0.15, -0.1) is 6.58 Å². The summed E-state index contributed by atoms with van der Waals surface area (Å²) >= 11 is 3.32. The monoisotopic (exact) mass is 470 g/mol. The van der Waals surface area contributed by atoms with E-state index in [0.717, 1.165) is 10.5 Å². The Morgan fingerprint density at radius 2 is 1.90 bits per heavy atom. The molecule has 1 heterocycles. The normalized spacial score (nSPS) is 15.2. The molecule has 3 rings (SSSR count). The lowest BCUT2D eigenvalue weighted by atomic mass is 10.0. The van der Waals surface area contributed by atoms with Crippen molar-refractivity contribution in [3.05, 3.63) is 70.2 Å². The van der Waals surface area contributed by atoms with Crippen molar-refractivity contribution in [1.29, 1.82) is 0 Å². The Morgan fingerprint density at radius 1 is 1.13 bits per heavy atom. The van der Waals surface area contributed by atoms with E-state index in [-0.39, 0.29) is 5.57 Å². The average Bonchev–Trinajstić information content (AvgIpc) is 2.71. The highest BCUT2D eigenvalue weighted by molar-refractivity contribution is 9.10. The number of allylic oxidation sites excluding steroid dienone is 1. The van der Waals surface area contributed by atoms with Gasteiger partial charge in [0.15, 0.2) is 11.5 Å². The molecule has 8 heteroatoms. The van der Waals surface area contributed by atoms with E-state index >= 15 is 0 Å². The van der Waals surface area contributed by atoms with Gasteiger partial charge in [0.25, 0.3) is 11.8 Å². The van der Waals surface area contributed by atoms with Crippen LogP contribution in [0.1, 0.15) is 11.1 Å². The lowest BCUT2D eigenvalue weighted by molar-refractivity contribution is -0.122. The standard InChI is InChI=1S/C22H19BrN2O5/c1-4-6-14-9-13(11-18(29-2)19(14)30-3)10-17-20(26)24-22(28)25(21(17)27)16-8-5-7-15(23)12-16/h4-5,7-12H,1,6H2,2-3H3,(H,24,26,28)/b17-10-. The predicted octanol–water partition coefficient (Wildman–Crippen LogP) is 3.86. The molecule has 1 fully saturated rings. The van der Waals surface area contributed by atoms with Gasteiger partial charge in [-0.2, -0.15) is 0 Å². The Hall–Kier alpha value is -3.39. The number of nitrogens with one attached hydrogen (secondary N) is 1. The third-order valence-electron chi connectivity index (χ3n) is 4.42. The van der Waals surface area contributed by atoms with E-state index in [9.17, 15) is 14.4 Å². The third kappa shape index (κ3) is 4.13. The molecule has 0 saturated carbocycles. The molecule has 1 saturated heterocycles. The first-order valence-electron chi connectivity index (χ1n) is 8.92. The number of urea groups is 1. The Morgan fingerprint density at radius 3 is 2.53 bits per heavy atom. The fraction of sp³-hybridized carbons (Fsp3) is 0.136. The number of hydrogen-bond acceptors (Lipinski definition) is 5. The fourth-order valence-corrected chi connectivity index (χ4v) is 3.52. The van der Waals surface area contributed by atoms with Gasteiger partial charge < -0.3 is 9.47 Å². The quantitative estimate of drug-likeness (QED) is 0.393. The molecule has 154 valence electrons. The Labute approximate surface area is 182 Å². The van der Waals surface area contributed by atoms with Crippen molar-refractivity contribution in [1.82, 2.24) is 5.32 Å². The number of halogens is 1. The molecule has 2 aromatic rings. The third-order valence-corrected chi connectivity index (χ3v) is 4.91. The first-order valence-corrected chi connectivity index (χ1v) is 9.71. The Bertz CT molecular complexity index is 1080. The minimum atomic E-state index is -0.806. The van der Waals surface area contributed by atoms with Crippen molar-refractivity contribution in [2.45, 2.75) is 6.42 Å². The summed E-state index contributed by atoms with van der Waals surface area (Å²) in [6.45, 7) is 3.74. The molecule has 1 aliphatic heterocycles. The zero-order chi connectivity index (χ0) is 21.8. The molecule has 1 N–H and O–H groups in total. The molecule has 0 bridgehead atoms. The minimum Gasteiger partial charge on any atom is -0.493 e. The maximum absolute atomic E-state index is 13.0. The van der Waals surface area contributed by atoms with Gasteiger partial charge in [-0.25, -0.2) is 9.69 Å². The highest BCUT2D eigenvalue weighted by Gasteiger charge is 2.37. The lowest BCUT2D eigenvalue weighted by Gasteiger charge is -2.26.